The fourth-order valence-corrected chi connectivity index (χ4v) is 2.81. The number of nitrogens with two attached hydrogens (primary N) is 1. The maximum atomic E-state index is 15.0. The molecule has 0 fully saturated rings. The molecule has 10 heteroatoms. The Hall–Kier alpha value is -3.72. The lowest BCUT2D eigenvalue weighted by Gasteiger charge is -2.15. The zero-order chi connectivity index (χ0) is 22.4. The van der Waals surface area contributed by atoms with Crippen molar-refractivity contribution in [1.29, 1.82) is 0 Å². The molecule has 2 N–H and O–H groups in total. The van der Waals surface area contributed by atoms with E-state index in [1.807, 2.05) is 0 Å². The number of carbonyl (C=O) groups is 1. The van der Waals surface area contributed by atoms with Crippen LogP contribution in [0.4, 0.5) is 4.39 Å². The summed E-state index contributed by atoms with van der Waals surface area (Å²) < 4.78 is 26.2. The fourth-order valence-electron chi connectivity index (χ4n) is 2.65. The van der Waals surface area contributed by atoms with E-state index in [0.29, 0.717) is 21.9 Å². The molecular formula is C21H18ClFN4O4. The minimum atomic E-state index is -0.967. The SMILES string of the molecule is CON=CC(C(N)=O)c1ccccc1Oc1ncnc(Oc2cccc(Cl)c2C)c1F. The summed E-state index contributed by atoms with van der Waals surface area (Å²) in [6.07, 6.45) is 2.31. The Morgan fingerprint density at radius 2 is 1.77 bits per heavy atom. The van der Waals surface area contributed by atoms with Crippen molar-refractivity contribution in [2.24, 2.45) is 10.9 Å². The van der Waals surface area contributed by atoms with Gasteiger partial charge in [-0.25, -0.2) is 0 Å². The minimum absolute atomic E-state index is 0.149. The fraction of sp³-hybridized carbons (Fsp3) is 0.143. The second-order valence-electron chi connectivity index (χ2n) is 6.22. The lowest BCUT2D eigenvalue weighted by Crippen LogP contribution is -2.23. The molecule has 160 valence electrons. The number of benzene rings is 2. The Balaban J connectivity index is 1.94. The highest BCUT2D eigenvalue weighted by Crippen LogP contribution is 2.34. The number of rotatable bonds is 8. The molecule has 31 heavy (non-hydrogen) atoms. The maximum Gasteiger partial charge on any atom is 0.263 e. The summed E-state index contributed by atoms with van der Waals surface area (Å²) in [5.74, 6) is -2.86. The lowest BCUT2D eigenvalue weighted by atomic mass is 9.99. The Morgan fingerprint density at radius 3 is 2.45 bits per heavy atom. The molecule has 0 radical (unpaired) electrons. The first kappa shape index (κ1) is 22.0. The van der Waals surface area contributed by atoms with E-state index >= 15 is 4.39 Å². The molecule has 0 spiro atoms. The van der Waals surface area contributed by atoms with Gasteiger partial charge in [-0.3, -0.25) is 4.79 Å². The Morgan fingerprint density at radius 1 is 1.13 bits per heavy atom. The average Bonchev–Trinajstić information content (AvgIpc) is 2.75. The molecule has 3 rings (SSSR count). The van der Waals surface area contributed by atoms with Crippen molar-refractivity contribution in [2.75, 3.05) is 7.11 Å². The van der Waals surface area contributed by atoms with Crippen molar-refractivity contribution >= 4 is 23.7 Å². The summed E-state index contributed by atoms with van der Waals surface area (Å²) in [7, 11) is 1.33. The molecule has 2 aromatic carbocycles. The standard InChI is InChI=1S/C21H18ClFN4O4/c1-12-15(22)7-5-9-16(12)30-20-18(23)21(26-11-25-20)31-17-8-4-3-6-13(17)14(19(24)28)10-27-29-2/h3-11,14H,1-2H3,(H2,24,28). The number of carbonyl (C=O) groups excluding carboxylic acids is 1. The van der Waals surface area contributed by atoms with Crippen LogP contribution in [-0.2, 0) is 9.63 Å². The largest absolute Gasteiger partial charge is 0.436 e. The van der Waals surface area contributed by atoms with Crippen LogP contribution in [0.15, 0.2) is 53.9 Å². The number of amides is 1. The van der Waals surface area contributed by atoms with Gasteiger partial charge in [0.15, 0.2) is 0 Å². The number of oxime groups is 1. The van der Waals surface area contributed by atoms with Crippen LogP contribution in [0.2, 0.25) is 5.02 Å². The minimum Gasteiger partial charge on any atom is -0.436 e. The average molecular weight is 445 g/mol. The van der Waals surface area contributed by atoms with Gasteiger partial charge in [0.25, 0.3) is 11.8 Å². The normalized spacial score (nSPS) is 11.9. The van der Waals surface area contributed by atoms with Crippen molar-refractivity contribution in [2.45, 2.75) is 12.8 Å². The van der Waals surface area contributed by atoms with Gasteiger partial charge < -0.3 is 20.0 Å². The van der Waals surface area contributed by atoms with E-state index in [9.17, 15) is 4.79 Å². The van der Waals surface area contributed by atoms with Crippen LogP contribution in [-0.4, -0.2) is 29.2 Å². The van der Waals surface area contributed by atoms with Gasteiger partial charge >= 0.3 is 0 Å². The molecule has 8 nitrogen and oxygen atoms in total. The number of para-hydroxylation sites is 1. The van der Waals surface area contributed by atoms with Crippen LogP contribution < -0.4 is 15.2 Å². The molecule has 3 aromatic rings. The van der Waals surface area contributed by atoms with Gasteiger partial charge in [-0.05, 0) is 25.1 Å². The number of nitrogens with zero attached hydrogens (tertiary/aromatic N) is 3. The van der Waals surface area contributed by atoms with E-state index < -0.39 is 23.5 Å². The molecule has 1 aromatic heterocycles. The molecule has 1 atom stereocenters. The predicted octanol–water partition coefficient (Wildman–Crippen LogP) is 4.36. The van der Waals surface area contributed by atoms with E-state index in [2.05, 4.69) is 20.0 Å². The summed E-state index contributed by atoms with van der Waals surface area (Å²) in [5.41, 5.74) is 6.44. The van der Waals surface area contributed by atoms with Gasteiger partial charge in [0.2, 0.25) is 11.7 Å². The van der Waals surface area contributed by atoms with Crippen LogP contribution in [0.25, 0.3) is 0 Å². The highest BCUT2D eigenvalue weighted by atomic mass is 35.5. The number of aromatic nitrogens is 2. The summed E-state index contributed by atoms with van der Waals surface area (Å²) in [6.45, 7) is 1.73. The Labute approximate surface area is 182 Å². The highest BCUT2D eigenvalue weighted by Gasteiger charge is 2.23. The first-order chi connectivity index (χ1) is 14.9. The molecule has 1 unspecified atom stereocenters. The molecule has 0 saturated heterocycles. The second kappa shape index (κ2) is 9.86. The van der Waals surface area contributed by atoms with Crippen LogP contribution >= 0.6 is 11.6 Å². The molecule has 0 bridgehead atoms. The van der Waals surface area contributed by atoms with Gasteiger partial charge in [0.1, 0.15) is 30.9 Å². The first-order valence-electron chi connectivity index (χ1n) is 8.98. The van der Waals surface area contributed by atoms with Crippen LogP contribution in [0.1, 0.15) is 17.0 Å². The molecule has 1 amide bonds. The Kier molecular flexibility index (Phi) is 6.99. The quantitative estimate of drug-likeness (QED) is 0.408. The van der Waals surface area contributed by atoms with Crippen LogP contribution in [0, 0.1) is 12.7 Å². The van der Waals surface area contributed by atoms with Crippen molar-refractivity contribution in [3.63, 3.8) is 0 Å². The molecule has 1 heterocycles. The van der Waals surface area contributed by atoms with Gasteiger partial charge in [0.05, 0.1) is 6.21 Å². The van der Waals surface area contributed by atoms with Gasteiger partial charge in [-0.2, -0.15) is 14.4 Å². The third kappa shape index (κ3) is 5.07. The van der Waals surface area contributed by atoms with E-state index in [4.69, 9.17) is 26.8 Å². The second-order valence-corrected chi connectivity index (χ2v) is 6.63. The summed E-state index contributed by atoms with van der Waals surface area (Å²) in [6, 6.07) is 11.4. The van der Waals surface area contributed by atoms with Crippen molar-refractivity contribution < 1.29 is 23.5 Å². The lowest BCUT2D eigenvalue weighted by molar-refractivity contribution is -0.118. The number of halogens is 2. The van der Waals surface area contributed by atoms with Gasteiger partial charge in [-0.1, -0.05) is 41.0 Å². The van der Waals surface area contributed by atoms with E-state index in [-0.39, 0.29) is 11.6 Å². The van der Waals surface area contributed by atoms with Crippen molar-refractivity contribution in [3.05, 3.63) is 70.8 Å². The van der Waals surface area contributed by atoms with Crippen LogP contribution in [0.5, 0.6) is 23.3 Å². The first-order valence-corrected chi connectivity index (χ1v) is 9.36. The van der Waals surface area contributed by atoms with Crippen LogP contribution in [0.3, 0.4) is 0 Å². The predicted molar refractivity (Wildman–Crippen MR) is 112 cm³/mol. The van der Waals surface area contributed by atoms with E-state index in [0.717, 1.165) is 6.33 Å². The third-order valence-electron chi connectivity index (χ3n) is 4.23. The molecule has 0 saturated carbocycles. The molecule has 0 aliphatic rings. The van der Waals surface area contributed by atoms with Gasteiger partial charge in [-0.15, -0.1) is 0 Å². The van der Waals surface area contributed by atoms with E-state index in [1.54, 1.807) is 43.3 Å². The monoisotopic (exact) mass is 444 g/mol. The maximum absolute atomic E-state index is 15.0. The zero-order valence-corrected chi connectivity index (χ0v) is 17.3. The van der Waals surface area contributed by atoms with Crippen molar-refractivity contribution in [1.82, 2.24) is 9.97 Å². The number of primary amides is 1. The van der Waals surface area contributed by atoms with Gasteiger partial charge in [0, 0.05) is 16.1 Å². The number of hydrogen-bond donors (Lipinski definition) is 1. The highest BCUT2D eigenvalue weighted by molar-refractivity contribution is 6.31. The summed E-state index contributed by atoms with van der Waals surface area (Å²) >= 11 is 6.08. The summed E-state index contributed by atoms with van der Waals surface area (Å²) in [5, 5.41) is 4.07. The molecule has 0 aliphatic carbocycles. The Bertz CT molecular complexity index is 1130. The zero-order valence-electron chi connectivity index (χ0n) is 16.6. The van der Waals surface area contributed by atoms with E-state index in [1.165, 1.54) is 19.4 Å². The summed E-state index contributed by atoms with van der Waals surface area (Å²) in [4.78, 5) is 24.2. The molecular weight excluding hydrogens is 427 g/mol. The smallest absolute Gasteiger partial charge is 0.263 e. The van der Waals surface area contributed by atoms with Crippen molar-refractivity contribution in [3.8, 4) is 23.3 Å². The number of hydrogen-bond acceptors (Lipinski definition) is 7. The number of ether oxygens (including phenoxy) is 2. The third-order valence-corrected chi connectivity index (χ3v) is 4.64. The molecule has 0 aliphatic heterocycles. The topological polar surface area (TPSA) is 109 Å².